The van der Waals surface area contributed by atoms with Crippen LogP contribution in [0.2, 0.25) is 0 Å². The Labute approximate surface area is 345 Å². The predicted octanol–water partition coefficient (Wildman–Crippen LogP) is 7.56. The molecule has 3 N–H and O–H groups in total. The maximum atomic E-state index is 15.5. The lowest BCUT2D eigenvalue weighted by molar-refractivity contribution is -0.120. The number of carbonyl (C=O) groups is 2. The molecule has 2 saturated heterocycles. The number of aryl methyl sites for hydroxylation is 2. The molecule has 0 unspecified atom stereocenters. The van der Waals surface area contributed by atoms with Gasteiger partial charge in [0, 0.05) is 54.8 Å². The number of likely N-dealkylation sites (tertiary alicyclic amines) is 1. The van der Waals surface area contributed by atoms with Crippen LogP contribution in [-0.2, 0) is 11.8 Å². The largest absolute Gasteiger partial charge is 0.383 e. The first kappa shape index (κ1) is 40.0. The molecule has 2 aliphatic heterocycles. The minimum Gasteiger partial charge on any atom is -0.383 e. The first-order valence-corrected chi connectivity index (χ1v) is 20.3. The van der Waals surface area contributed by atoms with Crippen LogP contribution in [0.5, 0.6) is 0 Å². The summed E-state index contributed by atoms with van der Waals surface area (Å²) in [5.74, 6) is -0.698. The molecule has 296 valence electrons. The Kier molecular flexibility index (Phi) is 11.4. The number of unbranched alkanes of at least 4 members (excludes halogenated alkanes) is 3. The van der Waals surface area contributed by atoms with Gasteiger partial charge in [-0.15, -0.1) is 0 Å². The number of piperidine rings is 1. The first-order valence-electron chi connectivity index (χ1n) is 19.1. The normalized spacial score (nSPS) is 17.1. The standard InChI is InChI=1S/C41H45BrFN11O2S/c1-25-19-28(13-15-33(25)45-4)52-39(56)41(2,3)53(40(52)57)29-12-14-30(32(43)20-29)38(55)46-16-8-6-7-9-17-51-18-10-11-26(24-51)35-34(42)36(44)54-37(49-35)31(22-48-54)27-21-47-50(5)23-27/h12-15,19-23,26H,6-11,16-18,24,44H2,1-3,5H3,(H,46,55)/t26-/m1/s1. The Bertz CT molecular complexity index is 2420. The number of carbonyl (C=O) groups excluding carboxylic acids is 2. The lowest BCUT2D eigenvalue weighted by Crippen LogP contribution is -2.44. The third-order valence-corrected chi connectivity index (χ3v) is 12.1. The first-order chi connectivity index (χ1) is 27.3. The molecule has 0 bridgehead atoms. The van der Waals surface area contributed by atoms with Gasteiger partial charge in [0.1, 0.15) is 17.2 Å². The van der Waals surface area contributed by atoms with Crippen LogP contribution in [-0.4, -0.2) is 77.9 Å². The Hall–Kier alpha value is -5.24. The van der Waals surface area contributed by atoms with Crippen LogP contribution in [0, 0.1) is 19.3 Å². The van der Waals surface area contributed by atoms with E-state index in [4.69, 9.17) is 29.5 Å². The number of benzene rings is 2. The molecule has 1 atom stereocenters. The summed E-state index contributed by atoms with van der Waals surface area (Å²) in [5.41, 5.74) is 11.0. The van der Waals surface area contributed by atoms with Crippen molar-refractivity contribution in [3.05, 3.63) is 93.5 Å². The molecule has 0 spiro atoms. The minimum absolute atomic E-state index is 0.0709. The van der Waals surface area contributed by atoms with Crippen LogP contribution in [0.15, 0.2) is 59.5 Å². The average Bonchev–Trinajstić information content (AvgIpc) is 3.86. The van der Waals surface area contributed by atoms with Crippen molar-refractivity contribution < 1.29 is 14.0 Å². The van der Waals surface area contributed by atoms with Gasteiger partial charge in [0.15, 0.2) is 16.4 Å². The number of nitrogens with two attached hydrogens (primary N) is 1. The molecule has 5 aromatic rings. The molecule has 2 aromatic carbocycles. The van der Waals surface area contributed by atoms with E-state index in [0.29, 0.717) is 29.4 Å². The molecule has 2 amide bonds. The van der Waals surface area contributed by atoms with Gasteiger partial charge < -0.3 is 20.9 Å². The van der Waals surface area contributed by atoms with E-state index in [2.05, 4.69) is 41.2 Å². The van der Waals surface area contributed by atoms with Gasteiger partial charge in [-0.2, -0.15) is 14.7 Å². The monoisotopic (exact) mass is 853 g/mol. The molecule has 2 aliphatic rings. The molecule has 0 aliphatic carbocycles. The Morgan fingerprint density at radius 3 is 2.61 bits per heavy atom. The highest BCUT2D eigenvalue weighted by Gasteiger charge is 2.50. The number of nitrogens with one attached hydrogen (secondary N) is 1. The summed E-state index contributed by atoms with van der Waals surface area (Å²) in [6.07, 6.45) is 11.4. The molecular formula is C41H45BrFN11O2S. The second-order valence-electron chi connectivity index (χ2n) is 15.3. The van der Waals surface area contributed by atoms with Crippen molar-refractivity contribution in [3.8, 4) is 11.1 Å². The Balaban J connectivity index is 0.884. The number of fused-ring (bicyclic) bond motifs is 1. The number of anilines is 3. The second-order valence-corrected chi connectivity index (χ2v) is 16.4. The van der Waals surface area contributed by atoms with Crippen LogP contribution in [0.4, 0.5) is 27.3 Å². The summed E-state index contributed by atoms with van der Waals surface area (Å²) >= 11 is 9.46. The van der Waals surface area contributed by atoms with Crippen molar-refractivity contribution in [3.63, 3.8) is 0 Å². The lowest BCUT2D eigenvalue weighted by Gasteiger charge is -2.33. The quantitative estimate of drug-likeness (QED) is 0.0741. The number of thiocarbonyl (C=S) groups is 1. The third kappa shape index (κ3) is 7.75. The highest BCUT2D eigenvalue weighted by Crippen LogP contribution is 2.39. The van der Waals surface area contributed by atoms with E-state index in [-0.39, 0.29) is 22.5 Å². The zero-order valence-electron chi connectivity index (χ0n) is 32.4. The Morgan fingerprint density at radius 2 is 1.89 bits per heavy atom. The zero-order chi connectivity index (χ0) is 40.6. The SMILES string of the molecule is [C-]#[N+]c1ccc(N2C(=O)C(C)(C)N(c3ccc(C(=O)NCCCCCCN4CCC[C@@H](c5nc6c(-c7cnn(C)c7)cnn6c(N)c5Br)C4)c(F)c3)C2=S)cc1C. The van der Waals surface area contributed by atoms with Gasteiger partial charge in [0.25, 0.3) is 11.8 Å². The molecule has 5 heterocycles. The summed E-state index contributed by atoms with van der Waals surface area (Å²) in [5, 5.41) is 11.9. The van der Waals surface area contributed by atoms with Gasteiger partial charge in [-0.25, -0.2) is 14.2 Å². The van der Waals surface area contributed by atoms with Crippen molar-refractivity contribution in [2.24, 2.45) is 7.05 Å². The summed E-state index contributed by atoms with van der Waals surface area (Å²) in [6.45, 7) is 15.9. The number of amides is 2. The van der Waals surface area contributed by atoms with Crippen molar-refractivity contribution >= 4 is 73.6 Å². The summed E-state index contributed by atoms with van der Waals surface area (Å²) in [4.78, 5) is 40.7. The summed E-state index contributed by atoms with van der Waals surface area (Å²) < 4.78 is 19.7. The highest BCUT2D eigenvalue weighted by atomic mass is 79.9. The van der Waals surface area contributed by atoms with Gasteiger partial charge in [0.2, 0.25) is 0 Å². The third-order valence-electron chi connectivity index (χ3n) is 10.9. The lowest BCUT2D eigenvalue weighted by atomic mass is 9.94. The van der Waals surface area contributed by atoms with Gasteiger partial charge in [-0.3, -0.25) is 19.2 Å². The van der Waals surface area contributed by atoms with E-state index >= 15 is 4.39 Å². The molecule has 13 nitrogen and oxygen atoms in total. The van der Waals surface area contributed by atoms with Gasteiger partial charge in [-0.05, 0) is 124 Å². The molecule has 57 heavy (non-hydrogen) atoms. The minimum atomic E-state index is -1.11. The molecule has 0 saturated carbocycles. The van der Waals surface area contributed by atoms with E-state index in [0.717, 1.165) is 90.7 Å². The van der Waals surface area contributed by atoms with E-state index in [9.17, 15) is 9.59 Å². The van der Waals surface area contributed by atoms with Crippen molar-refractivity contribution in [1.29, 1.82) is 0 Å². The number of hydrogen-bond acceptors (Lipinski definition) is 8. The number of hydrogen-bond donors (Lipinski definition) is 2. The van der Waals surface area contributed by atoms with Gasteiger partial charge >= 0.3 is 0 Å². The van der Waals surface area contributed by atoms with E-state index in [1.165, 1.54) is 17.0 Å². The fourth-order valence-electron chi connectivity index (χ4n) is 7.83. The van der Waals surface area contributed by atoms with Crippen LogP contribution >= 0.6 is 28.1 Å². The topological polar surface area (TPSA) is 134 Å². The second kappa shape index (κ2) is 16.3. The van der Waals surface area contributed by atoms with E-state index < -0.39 is 17.3 Å². The van der Waals surface area contributed by atoms with Crippen molar-refractivity contribution in [2.75, 3.05) is 41.7 Å². The molecule has 0 radical (unpaired) electrons. The van der Waals surface area contributed by atoms with Crippen LogP contribution < -0.4 is 20.9 Å². The predicted molar refractivity (Wildman–Crippen MR) is 227 cm³/mol. The van der Waals surface area contributed by atoms with E-state index in [1.54, 1.807) is 71.5 Å². The van der Waals surface area contributed by atoms with E-state index in [1.807, 2.05) is 13.2 Å². The number of aromatic nitrogens is 5. The molecular weight excluding hydrogens is 809 g/mol. The fourth-order valence-corrected chi connectivity index (χ4v) is 8.93. The maximum absolute atomic E-state index is 15.5. The van der Waals surface area contributed by atoms with Crippen molar-refractivity contribution in [1.82, 2.24) is 34.6 Å². The number of nitrogen functional groups attached to an aromatic ring is 1. The van der Waals surface area contributed by atoms with Crippen molar-refractivity contribution in [2.45, 2.75) is 70.8 Å². The summed E-state index contributed by atoms with van der Waals surface area (Å²) in [7, 11) is 1.88. The van der Waals surface area contributed by atoms with Crippen LogP contribution in [0.3, 0.4) is 0 Å². The molecule has 2 fully saturated rings. The number of halogens is 2. The van der Waals surface area contributed by atoms with Crippen LogP contribution in [0.1, 0.15) is 79.9 Å². The maximum Gasteiger partial charge on any atom is 0.259 e. The van der Waals surface area contributed by atoms with Gasteiger partial charge in [0.05, 0.1) is 34.7 Å². The number of rotatable bonds is 12. The number of nitrogens with zero attached hydrogens (tertiary/aromatic N) is 9. The van der Waals surface area contributed by atoms with Crippen LogP contribution in [0.25, 0.3) is 21.6 Å². The molecule has 7 rings (SSSR count). The zero-order valence-corrected chi connectivity index (χ0v) is 34.8. The molecule has 3 aromatic heterocycles. The highest BCUT2D eigenvalue weighted by molar-refractivity contribution is 9.10. The average molecular weight is 855 g/mol. The smallest absolute Gasteiger partial charge is 0.259 e. The summed E-state index contributed by atoms with van der Waals surface area (Å²) in [6, 6.07) is 9.37. The molecule has 16 heteroatoms. The fraction of sp³-hybridized carbons (Fsp3) is 0.390. The Morgan fingerprint density at radius 1 is 1.12 bits per heavy atom. The van der Waals surface area contributed by atoms with Gasteiger partial charge in [-0.1, -0.05) is 18.9 Å².